The Bertz CT molecular complexity index is 297. The van der Waals surface area contributed by atoms with Crippen LogP contribution in [0.4, 0.5) is 0 Å². The summed E-state index contributed by atoms with van der Waals surface area (Å²) in [5.41, 5.74) is 1.14. The fourth-order valence-corrected chi connectivity index (χ4v) is 2.30. The molecule has 2 heteroatoms. The minimum absolute atomic E-state index is 0.600. The predicted octanol–water partition coefficient (Wildman–Crippen LogP) is 3.59. The van der Waals surface area contributed by atoms with E-state index >= 15 is 0 Å². The second-order valence-corrected chi connectivity index (χ2v) is 4.24. The van der Waals surface area contributed by atoms with Gasteiger partial charge in [0.1, 0.15) is 5.76 Å². The van der Waals surface area contributed by atoms with Gasteiger partial charge in [0.15, 0.2) is 5.89 Å². The van der Waals surface area contributed by atoms with Gasteiger partial charge in [-0.25, -0.2) is 4.98 Å². The van der Waals surface area contributed by atoms with Crippen molar-refractivity contribution in [3.63, 3.8) is 0 Å². The highest BCUT2D eigenvalue weighted by atomic mass is 16.4. The summed E-state index contributed by atoms with van der Waals surface area (Å²) in [6.45, 7) is 4.16. The fraction of sp³-hybridized carbons (Fsp3) is 0.750. The van der Waals surface area contributed by atoms with Crippen LogP contribution in [0.25, 0.3) is 0 Å². The topological polar surface area (TPSA) is 26.0 Å². The van der Waals surface area contributed by atoms with Crippen LogP contribution < -0.4 is 0 Å². The van der Waals surface area contributed by atoms with E-state index in [1.54, 1.807) is 0 Å². The maximum absolute atomic E-state index is 5.73. The van der Waals surface area contributed by atoms with Gasteiger partial charge >= 0.3 is 0 Å². The molecule has 1 aromatic heterocycles. The number of nitrogens with zero attached hydrogens (tertiary/aromatic N) is 1. The predicted molar refractivity (Wildman–Crippen MR) is 56.4 cm³/mol. The molecule has 1 saturated carbocycles. The highest BCUT2D eigenvalue weighted by molar-refractivity contribution is 5.10. The third kappa shape index (κ3) is 1.84. The van der Waals surface area contributed by atoms with Gasteiger partial charge in [0.2, 0.25) is 0 Å². The number of aryl methyl sites for hydroxylation is 2. The van der Waals surface area contributed by atoms with Crippen LogP contribution >= 0.6 is 0 Å². The van der Waals surface area contributed by atoms with Gasteiger partial charge < -0.3 is 4.42 Å². The van der Waals surface area contributed by atoms with Crippen molar-refractivity contribution in [3.8, 4) is 0 Å². The van der Waals surface area contributed by atoms with Crippen molar-refractivity contribution >= 4 is 0 Å². The van der Waals surface area contributed by atoms with Crippen molar-refractivity contribution in [2.24, 2.45) is 0 Å². The smallest absolute Gasteiger partial charge is 0.197 e. The third-order valence-electron chi connectivity index (χ3n) is 3.20. The molecular formula is C12H19NO. The van der Waals surface area contributed by atoms with Crippen molar-refractivity contribution in [2.45, 2.75) is 58.3 Å². The number of aromatic nitrogens is 1. The molecule has 0 radical (unpaired) electrons. The molecule has 0 amide bonds. The molecule has 0 saturated heterocycles. The van der Waals surface area contributed by atoms with E-state index in [1.807, 2.05) is 6.92 Å². The molecule has 0 bridgehead atoms. The van der Waals surface area contributed by atoms with Crippen molar-refractivity contribution in [1.29, 1.82) is 0 Å². The first-order valence-corrected chi connectivity index (χ1v) is 5.77. The Balaban J connectivity index is 2.14. The van der Waals surface area contributed by atoms with Gasteiger partial charge in [-0.1, -0.05) is 26.2 Å². The van der Waals surface area contributed by atoms with Crippen LogP contribution in [-0.4, -0.2) is 4.98 Å². The monoisotopic (exact) mass is 193 g/mol. The highest BCUT2D eigenvalue weighted by Crippen LogP contribution is 2.32. The van der Waals surface area contributed by atoms with Crippen LogP contribution in [0, 0.1) is 6.92 Å². The summed E-state index contributed by atoms with van der Waals surface area (Å²) in [6, 6.07) is 0. The second-order valence-electron chi connectivity index (χ2n) is 4.24. The maximum atomic E-state index is 5.73. The number of hydrogen-bond donors (Lipinski definition) is 0. The molecule has 0 unspecified atom stereocenters. The molecule has 0 N–H and O–H groups in total. The first kappa shape index (κ1) is 9.75. The SMILES string of the molecule is CCc1nc(C2CCCCC2)oc1C. The van der Waals surface area contributed by atoms with E-state index in [4.69, 9.17) is 4.42 Å². The standard InChI is InChI=1S/C12H19NO/c1-3-11-9(2)14-12(13-11)10-7-5-4-6-8-10/h10H,3-8H2,1-2H3. The van der Waals surface area contributed by atoms with E-state index in [2.05, 4.69) is 11.9 Å². The molecule has 0 aromatic carbocycles. The summed E-state index contributed by atoms with van der Waals surface area (Å²) in [7, 11) is 0. The molecule has 1 fully saturated rings. The Labute approximate surface area is 85.7 Å². The van der Waals surface area contributed by atoms with Crippen LogP contribution in [0.2, 0.25) is 0 Å². The Morgan fingerprint density at radius 1 is 1.29 bits per heavy atom. The molecule has 0 spiro atoms. The summed E-state index contributed by atoms with van der Waals surface area (Å²) in [6.07, 6.45) is 7.59. The molecule has 2 rings (SSSR count). The lowest BCUT2D eigenvalue weighted by Crippen LogP contribution is -2.04. The molecule has 0 aliphatic heterocycles. The van der Waals surface area contributed by atoms with Crippen LogP contribution in [0.15, 0.2) is 4.42 Å². The van der Waals surface area contributed by atoms with Gasteiger partial charge in [0.05, 0.1) is 5.69 Å². The molecule has 0 atom stereocenters. The minimum Gasteiger partial charge on any atom is -0.445 e. The molecule has 1 aliphatic carbocycles. The zero-order valence-corrected chi connectivity index (χ0v) is 9.18. The van der Waals surface area contributed by atoms with E-state index in [1.165, 1.54) is 32.1 Å². The van der Waals surface area contributed by atoms with Crippen LogP contribution in [0.5, 0.6) is 0 Å². The number of oxazole rings is 1. The molecule has 2 nitrogen and oxygen atoms in total. The van der Waals surface area contributed by atoms with Crippen molar-refractivity contribution < 1.29 is 4.42 Å². The van der Waals surface area contributed by atoms with Gasteiger partial charge in [-0.2, -0.15) is 0 Å². The lowest BCUT2D eigenvalue weighted by atomic mass is 9.89. The Hall–Kier alpha value is -0.790. The zero-order chi connectivity index (χ0) is 9.97. The molecule has 1 heterocycles. The van der Waals surface area contributed by atoms with Gasteiger partial charge in [-0.3, -0.25) is 0 Å². The quantitative estimate of drug-likeness (QED) is 0.717. The maximum Gasteiger partial charge on any atom is 0.197 e. The largest absolute Gasteiger partial charge is 0.445 e. The molecule has 14 heavy (non-hydrogen) atoms. The van der Waals surface area contributed by atoms with E-state index < -0.39 is 0 Å². The van der Waals surface area contributed by atoms with Crippen LogP contribution in [-0.2, 0) is 6.42 Å². The van der Waals surface area contributed by atoms with Crippen molar-refractivity contribution in [2.75, 3.05) is 0 Å². The van der Waals surface area contributed by atoms with Crippen LogP contribution in [0.3, 0.4) is 0 Å². The highest BCUT2D eigenvalue weighted by Gasteiger charge is 2.21. The van der Waals surface area contributed by atoms with Crippen molar-refractivity contribution in [1.82, 2.24) is 4.98 Å². The van der Waals surface area contributed by atoms with Crippen molar-refractivity contribution in [3.05, 3.63) is 17.3 Å². The first-order valence-electron chi connectivity index (χ1n) is 5.77. The van der Waals surface area contributed by atoms with E-state index in [9.17, 15) is 0 Å². The van der Waals surface area contributed by atoms with E-state index in [-0.39, 0.29) is 0 Å². The van der Waals surface area contributed by atoms with Gasteiger partial charge in [-0.15, -0.1) is 0 Å². The fourth-order valence-electron chi connectivity index (χ4n) is 2.30. The number of rotatable bonds is 2. The Kier molecular flexibility index (Phi) is 2.90. The summed E-state index contributed by atoms with van der Waals surface area (Å²) in [5.74, 6) is 2.62. The third-order valence-corrected chi connectivity index (χ3v) is 3.20. The van der Waals surface area contributed by atoms with E-state index in [0.717, 1.165) is 23.8 Å². The number of hydrogen-bond acceptors (Lipinski definition) is 2. The summed E-state index contributed by atoms with van der Waals surface area (Å²) < 4.78 is 5.73. The lowest BCUT2D eigenvalue weighted by Gasteiger charge is -2.17. The Morgan fingerprint density at radius 2 is 2.00 bits per heavy atom. The molecular weight excluding hydrogens is 174 g/mol. The Morgan fingerprint density at radius 3 is 2.57 bits per heavy atom. The molecule has 1 aromatic rings. The average molecular weight is 193 g/mol. The van der Waals surface area contributed by atoms with Gasteiger partial charge in [-0.05, 0) is 26.2 Å². The second kappa shape index (κ2) is 4.16. The first-order chi connectivity index (χ1) is 6.81. The van der Waals surface area contributed by atoms with E-state index in [0.29, 0.717) is 5.92 Å². The van der Waals surface area contributed by atoms with Gasteiger partial charge in [0, 0.05) is 5.92 Å². The molecule has 1 aliphatic rings. The lowest BCUT2D eigenvalue weighted by molar-refractivity contribution is 0.356. The summed E-state index contributed by atoms with van der Waals surface area (Å²) in [4.78, 5) is 4.59. The van der Waals surface area contributed by atoms with Crippen LogP contribution in [0.1, 0.15) is 62.3 Å². The summed E-state index contributed by atoms with van der Waals surface area (Å²) >= 11 is 0. The average Bonchev–Trinajstić information content (AvgIpc) is 2.61. The van der Waals surface area contributed by atoms with Gasteiger partial charge in [0.25, 0.3) is 0 Å². The normalized spacial score (nSPS) is 18.7. The molecule has 78 valence electrons. The minimum atomic E-state index is 0.600. The zero-order valence-electron chi connectivity index (χ0n) is 9.18. The summed E-state index contributed by atoms with van der Waals surface area (Å²) in [5, 5.41) is 0.